The van der Waals surface area contributed by atoms with E-state index in [2.05, 4.69) is 20.0 Å². The van der Waals surface area contributed by atoms with Gasteiger partial charge in [0, 0.05) is 29.1 Å². The molecule has 188 valence electrons. The van der Waals surface area contributed by atoms with Crippen molar-refractivity contribution in [1.82, 2.24) is 9.97 Å². The first-order valence-electron chi connectivity index (χ1n) is 10.7. The van der Waals surface area contributed by atoms with E-state index >= 15 is 0 Å². The maximum atomic E-state index is 13.5. The fourth-order valence-electron chi connectivity index (χ4n) is 3.91. The van der Waals surface area contributed by atoms with Gasteiger partial charge in [0.2, 0.25) is 23.6 Å². The zero-order valence-electron chi connectivity index (χ0n) is 19.0. The minimum absolute atomic E-state index is 0.0595. The lowest BCUT2D eigenvalue weighted by Crippen LogP contribution is -2.40. The van der Waals surface area contributed by atoms with Crippen molar-refractivity contribution in [1.29, 1.82) is 0 Å². The molecule has 0 aliphatic carbocycles. The summed E-state index contributed by atoms with van der Waals surface area (Å²) in [5, 5.41) is 2.55. The number of nitrogens with zero attached hydrogens (tertiary/aromatic N) is 3. The van der Waals surface area contributed by atoms with Crippen molar-refractivity contribution in [2.45, 2.75) is 25.9 Å². The Kier molecular flexibility index (Phi) is 7.04. The molecule has 36 heavy (non-hydrogen) atoms. The topological polar surface area (TPSA) is 93.7 Å². The number of rotatable bonds is 7. The summed E-state index contributed by atoms with van der Waals surface area (Å²) >= 11 is 0. The van der Waals surface area contributed by atoms with Crippen LogP contribution in [0.2, 0.25) is 0 Å². The molecule has 0 spiro atoms. The zero-order chi connectivity index (χ0) is 26.0. The molecule has 3 aromatic rings. The molecule has 1 atom stereocenters. The van der Waals surface area contributed by atoms with E-state index in [0.29, 0.717) is 11.3 Å². The van der Waals surface area contributed by atoms with E-state index in [-0.39, 0.29) is 28.4 Å². The molecule has 1 aliphatic heterocycles. The van der Waals surface area contributed by atoms with Crippen LogP contribution in [0, 0.1) is 0 Å². The standard InChI is InChI=1S/C24H20F4N4O4/c1-12-20-15(4-3-9-29-20)19-16(10-18(36-24(27)28)31-22(19)35-2)32(23(12)34)11-17(33)30-14-7-5-13(6-8-14)21(25)26/h3-10,12,21,24H,11H2,1-2H3,(H,30,33)/t12-/m1/s1. The van der Waals surface area contributed by atoms with Crippen LogP contribution in [0.25, 0.3) is 11.1 Å². The van der Waals surface area contributed by atoms with Gasteiger partial charge in [-0.3, -0.25) is 14.6 Å². The predicted octanol–water partition coefficient (Wildman–Crippen LogP) is 4.78. The van der Waals surface area contributed by atoms with Gasteiger partial charge in [-0.2, -0.15) is 13.8 Å². The van der Waals surface area contributed by atoms with Gasteiger partial charge in [-0.05, 0) is 25.1 Å². The average Bonchev–Trinajstić information content (AvgIpc) is 2.93. The number of alkyl halides is 4. The van der Waals surface area contributed by atoms with Crippen LogP contribution < -0.4 is 19.7 Å². The Bertz CT molecular complexity index is 1290. The fourth-order valence-corrected chi connectivity index (χ4v) is 3.91. The number of halogens is 4. The summed E-state index contributed by atoms with van der Waals surface area (Å²) in [6.07, 6.45) is -1.16. The number of aromatic nitrogens is 2. The number of nitrogens with one attached hydrogen (secondary N) is 1. The Labute approximate surface area is 202 Å². The fraction of sp³-hybridized carbons (Fsp3) is 0.250. The Hall–Kier alpha value is -4.22. The number of carbonyl (C=O) groups excluding carboxylic acids is 2. The summed E-state index contributed by atoms with van der Waals surface area (Å²) < 4.78 is 61.3. The van der Waals surface area contributed by atoms with Gasteiger partial charge in [0.25, 0.3) is 6.43 Å². The molecule has 1 aliphatic rings. The highest BCUT2D eigenvalue weighted by molar-refractivity contribution is 6.09. The Morgan fingerprint density at radius 2 is 1.89 bits per heavy atom. The maximum absolute atomic E-state index is 13.5. The summed E-state index contributed by atoms with van der Waals surface area (Å²) in [6, 6.07) is 9.39. The van der Waals surface area contributed by atoms with Crippen LogP contribution in [-0.4, -0.2) is 42.0 Å². The quantitative estimate of drug-likeness (QED) is 0.466. The maximum Gasteiger partial charge on any atom is 0.388 e. The second-order valence-electron chi connectivity index (χ2n) is 7.80. The summed E-state index contributed by atoms with van der Waals surface area (Å²) in [6.45, 7) is -2.12. The molecule has 12 heteroatoms. The van der Waals surface area contributed by atoms with E-state index in [4.69, 9.17) is 4.74 Å². The SMILES string of the molecule is COc1nc(OC(F)F)cc2c1-c1cccnc1[C@@H](C)C(=O)N2CC(=O)Nc1ccc(C(F)F)cc1. The van der Waals surface area contributed by atoms with Gasteiger partial charge in [0.05, 0.1) is 30.0 Å². The number of fused-ring (bicyclic) bond motifs is 3. The number of methoxy groups -OCH3 is 1. The van der Waals surface area contributed by atoms with E-state index in [0.717, 1.165) is 11.0 Å². The lowest BCUT2D eigenvalue weighted by molar-refractivity contribution is -0.122. The number of hydrogen-bond donors (Lipinski definition) is 1. The highest BCUT2D eigenvalue weighted by Crippen LogP contribution is 2.45. The largest absolute Gasteiger partial charge is 0.480 e. The molecule has 0 unspecified atom stereocenters. The molecule has 1 aromatic carbocycles. The van der Waals surface area contributed by atoms with E-state index in [1.165, 1.54) is 37.6 Å². The molecule has 0 fully saturated rings. The smallest absolute Gasteiger partial charge is 0.388 e. The lowest BCUT2D eigenvalue weighted by Gasteiger charge is -2.25. The number of carbonyl (C=O) groups is 2. The Balaban J connectivity index is 1.76. The lowest BCUT2D eigenvalue weighted by atomic mass is 9.98. The normalized spacial score (nSPS) is 14.8. The molecule has 1 N–H and O–H groups in total. The monoisotopic (exact) mass is 504 g/mol. The first kappa shape index (κ1) is 24.9. The number of ether oxygens (including phenoxy) is 2. The van der Waals surface area contributed by atoms with Crippen LogP contribution in [0.5, 0.6) is 11.8 Å². The van der Waals surface area contributed by atoms with Crippen molar-refractivity contribution in [3.8, 4) is 22.9 Å². The number of anilines is 2. The van der Waals surface area contributed by atoms with E-state index in [1.807, 2.05) is 0 Å². The number of pyridine rings is 2. The van der Waals surface area contributed by atoms with Crippen molar-refractivity contribution in [3.05, 3.63) is 59.9 Å². The molecule has 3 heterocycles. The van der Waals surface area contributed by atoms with Crippen molar-refractivity contribution in [2.24, 2.45) is 0 Å². The van der Waals surface area contributed by atoms with Crippen LogP contribution in [0.1, 0.15) is 30.5 Å². The molecular weight excluding hydrogens is 484 g/mol. The molecule has 2 aromatic heterocycles. The van der Waals surface area contributed by atoms with Gasteiger partial charge < -0.3 is 19.7 Å². The molecule has 8 nitrogen and oxygen atoms in total. The van der Waals surface area contributed by atoms with Crippen molar-refractivity contribution < 1.29 is 36.6 Å². The van der Waals surface area contributed by atoms with Crippen molar-refractivity contribution in [3.63, 3.8) is 0 Å². The highest BCUT2D eigenvalue weighted by atomic mass is 19.3. The van der Waals surface area contributed by atoms with E-state index in [9.17, 15) is 27.2 Å². The first-order chi connectivity index (χ1) is 17.2. The van der Waals surface area contributed by atoms with E-state index < -0.39 is 43.2 Å². The summed E-state index contributed by atoms with van der Waals surface area (Å²) in [4.78, 5) is 35.8. The molecular formula is C24H20F4N4O4. The summed E-state index contributed by atoms with van der Waals surface area (Å²) in [5.41, 5.74) is 1.22. The summed E-state index contributed by atoms with van der Waals surface area (Å²) in [7, 11) is 1.28. The van der Waals surface area contributed by atoms with Gasteiger partial charge in [0.15, 0.2) is 0 Å². The van der Waals surface area contributed by atoms with Crippen molar-refractivity contribution >= 4 is 23.2 Å². The first-order valence-corrected chi connectivity index (χ1v) is 10.7. The van der Waals surface area contributed by atoms with Crippen LogP contribution in [0.15, 0.2) is 48.7 Å². The zero-order valence-corrected chi connectivity index (χ0v) is 19.0. The third-order valence-corrected chi connectivity index (χ3v) is 5.54. The molecule has 0 saturated heterocycles. The second-order valence-corrected chi connectivity index (χ2v) is 7.80. The molecule has 0 radical (unpaired) electrons. The molecule has 0 saturated carbocycles. The molecule has 0 bridgehead atoms. The van der Waals surface area contributed by atoms with Gasteiger partial charge in [-0.25, -0.2) is 8.78 Å². The minimum Gasteiger partial charge on any atom is -0.480 e. The van der Waals surface area contributed by atoms with Crippen LogP contribution >= 0.6 is 0 Å². The average molecular weight is 504 g/mol. The molecule has 2 amide bonds. The minimum atomic E-state index is -3.19. The highest BCUT2D eigenvalue weighted by Gasteiger charge is 2.36. The number of benzene rings is 1. The third kappa shape index (κ3) is 4.92. The van der Waals surface area contributed by atoms with Crippen LogP contribution in [0.4, 0.5) is 28.9 Å². The van der Waals surface area contributed by atoms with Gasteiger partial charge in [-0.1, -0.05) is 18.2 Å². The van der Waals surface area contributed by atoms with Gasteiger partial charge in [-0.15, -0.1) is 0 Å². The van der Waals surface area contributed by atoms with Crippen LogP contribution in [0.3, 0.4) is 0 Å². The van der Waals surface area contributed by atoms with Crippen LogP contribution in [-0.2, 0) is 9.59 Å². The van der Waals surface area contributed by atoms with E-state index in [1.54, 1.807) is 19.1 Å². The Morgan fingerprint density at radius 1 is 1.17 bits per heavy atom. The summed E-state index contributed by atoms with van der Waals surface area (Å²) in [5.74, 6) is -2.62. The number of amides is 2. The number of hydrogen-bond acceptors (Lipinski definition) is 6. The Morgan fingerprint density at radius 3 is 2.53 bits per heavy atom. The second kappa shape index (κ2) is 10.2. The van der Waals surface area contributed by atoms with Gasteiger partial charge >= 0.3 is 6.61 Å². The predicted molar refractivity (Wildman–Crippen MR) is 121 cm³/mol. The third-order valence-electron chi connectivity index (χ3n) is 5.54. The van der Waals surface area contributed by atoms with Crippen molar-refractivity contribution in [2.75, 3.05) is 23.9 Å². The van der Waals surface area contributed by atoms with Gasteiger partial charge in [0.1, 0.15) is 6.54 Å². The molecule has 4 rings (SSSR count).